The standard InChI is InChI=1S/C13H25N7O5/c1-17-12(25)8(3-2-4-18-13(15)16)20-9(21)6-19-11(24)7(14)5-10(22)23/h7-8H,2-6,14H2,1H3,(H,17,25)(H,19,24)(H,20,21)(H,22,23)(H4,15,16,18)/t7-,8-/m0/s1. The number of nitrogens with one attached hydrogen (secondary N) is 3. The van der Waals surface area contributed by atoms with E-state index in [1.54, 1.807) is 0 Å². The maximum atomic E-state index is 11.8. The van der Waals surface area contributed by atoms with Crippen molar-refractivity contribution in [3.63, 3.8) is 0 Å². The first-order valence-electron chi connectivity index (χ1n) is 7.48. The van der Waals surface area contributed by atoms with Crippen molar-refractivity contribution in [2.45, 2.75) is 31.3 Å². The molecule has 25 heavy (non-hydrogen) atoms. The van der Waals surface area contributed by atoms with Gasteiger partial charge in [-0.2, -0.15) is 0 Å². The largest absolute Gasteiger partial charge is 0.481 e. The summed E-state index contributed by atoms with van der Waals surface area (Å²) in [6.45, 7) is -0.139. The second-order valence-electron chi connectivity index (χ2n) is 5.11. The highest BCUT2D eigenvalue weighted by atomic mass is 16.4. The van der Waals surface area contributed by atoms with Crippen LogP contribution in [-0.4, -0.2) is 67.0 Å². The number of nitrogens with zero attached hydrogens (tertiary/aromatic N) is 1. The number of carboxylic acid groups (broad SMARTS) is 1. The van der Waals surface area contributed by atoms with E-state index in [2.05, 4.69) is 20.9 Å². The van der Waals surface area contributed by atoms with E-state index in [1.807, 2.05) is 0 Å². The van der Waals surface area contributed by atoms with Crippen LogP contribution in [0, 0.1) is 0 Å². The maximum absolute atomic E-state index is 11.8. The fraction of sp³-hybridized carbons (Fsp3) is 0.615. The van der Waals surface area contributed by atoms with E-state index < -0.39 is 48.7 Å². The average molecular weight is 359 g/mol. The third-order valence-electron chi connectivity index (χ3n) is 3.00. The molecule has 0 heterocycles. The van der Waals surface area contributed by atoms with Crippen LogP contribution in [0.2, 0.25) is 0 Å². The summed E-state index contributed by atoms with van der Waals surface area (Å²) in [6, 6.07) is -2.09. The molecule has 10 N–H and O–H groups in total. The predicted octanol–water partition coefficient (Wildman–Crippen LogP) is -3.81. The molecule has 0 aliphatic heterocycles. The van der Waals surface area contributed by atoms with Crippen LogP contribution < -0.4 is 33.2 Å². The van der Waals surface area contributed by atoms with Crippen molar-refractivity contribution in [1.29, 1.82) is 0 Å². The van der Waals surface area contributed by atoms with Crippen molar-refractivity contribution >= 4 is 29.7 Å². The zero-order valence-corrected chi connectivity index (χ0v) is 13.9. The van der Waals surface area contributed by atoms with Gasteiger partial charge < -0.3 is 38.3 Å². The van der Waals surface area contributed by atoms with Crippen LogP contribution in [0.4, 0.5) is 0 Å². The van der Waals surface area contributed by atoms with Crippen LogP contribution in [0.3, 0.4) is 0 Å². The monoisotopic (exact) mass is 359 g/mol. The summed E-state index contributed by atoms with van der Waals surface area (Å²) in [7, 11) is 1.42. The number of carbonyl (C=O) groups is 4. The van der Waals surface area contributed by atoms with Gasteiger partial charge in [-0.15, -0.1) is 0 Å². The van der Waals surface area contributed by atoms with Gasteiger partial charge >= 0.3 is 5.97 Å². The highest BCUT2D eigenvalue weighted by Crippen LogP contribution is 1.98. The minimum atomic E-state index is -1.26. The Balaban J connectivity index is 4.42. The van der Waals surface area contributed by atoms with E-state index >= 15 is 0 Å². The Kier molecular flexibility index (Phi) is 10.3. The number of nitrogens with two attached hydrogens (primary N) is 3. The van der Waals surface area contributed by atoms with Gasteiger partial charge in [-0.3, -0.25) is 24.2 Å². The molecule has 0 saturated heterocycles. The molecule has 0 aliphatic carbocycles. The summed E-state index contributed by atoms with van der Waals surface area (Å²) in [5, 5.41) is 15.6. The molecule has 0 aromatic carbocycles. The van der Waals surface area contributed by atoms with Gasteiger partial charge in [-0.25, -0.2) is 0 Å². The summed E-state index contributed by atoms with van der Waals surface area (Å²) >= 11 is 0. The molecular weight excluding hydrogens is 334 g/mol. The first-order valence-corrected chi connectivity index (χ1v) is 7.48. The molecule has 0 fully saturated rings. The van der Waals surface area contributed by atoms with Crippen molar-refractivity contribution < 1.29 is 24.3 Å². The molecule has 0 unspecified atom stereocenters. The molecule has 3 amide bonds. The normalized spacial score (nSPS) is 12.4. The number of amides is 3. The average Bonchev–Trinajstić information content (AvgIpc) is 2.53. The van der Waals surface area contributed by atoms with Gasteiger partial charge in [-0.05, 0) is 12.8 Å². The van der Waals surface area contributed by atoms with Gasteiger partial charge in [-0.1, -0.05) is 0 Å². The number of rotatable bonds is 11. The Morgan fingerprint density at radius 1 is 1.16 bits per heavy atom. The topological polar surface area (TPSA) is 215 Å². The molecule has 0 bridgehead atoms. The number of carbonyl (C=O) groups excluding carboxylic acids is 3. The van der Waals surface area contributed by atoms with Crippen molar-refractivity contribution in [2.75, 3.05) is 20.1 Å². The van der Waals surface area contributed by atoms with Crippen molar-refractivity contribution in [2.24, 2.45) is 22.2 Å². The highest BCUT2D eigenvalue weighted by Gasteiger charge is 2.21. The van der Waals surface area contributed by atoms with E-state index in [0.717, 1.165) is 0 Å². The zero-order valence-electron chi connectivity index (χ0n) is 13.9. The molecule has 2 atom stereocenters. The third-order valence-corrected chi connectivity index (χ3v) is 3.00. The smallest absolute Gasteiger partial charge is 0.305 e. The third kappa shape index (κ3) is 10.5. The summed E-state index contributed by atoms with van der Waals surface area (Å²) in [4.78, 5) is 49.4. The fourth-order valence-electron chi connectivity index (χ4n) is 1.77. The minimum absolute atomic E-state index is 0.0686. The molecule has 0 rings (SSSR count). The van der Waals surface area contributed by atoms with E-state index in [0.29, 0.717) is 13.0 Å². The zero-order chi connectivity index (χ0) is 19.4. The Labute approximate surface area is 144 Å². The molecule has 0 spiro atoms. The maximum Gasteiger partial charge on any atom is 0.305 e. The molecular formula is C13H25N7O5. The number of carboxylic acids is 1. The summed E-state index contributed by atoms with van der Waals surface area (Å²) < 4.78 is 0. The first-order chi connectivity index (χ1) is 11.7. The Hall–Kier alpha value is -2.89. The Bertz CT molecular complexity index is 519. The van der Waals surface area contributed by atoms with Crippen molar-refractivity contribution in [3.05, 3.63) is 0 Å². The van der Waals surface area contributed by atoms with Gasteiger partial charge in [0.15, 0.2) is 5.96 Å². The number of hydrogen-bond acceptors (Lipinski definition) is 6. The fourth-order valence-corrected chi connectivity index (χ4v) is 1.77. The van der Waals surface area contributed by atoms with Crippen LogP contribution in [0.1, 0.15) is 19.3 Å². The Morgan fingerprint density at radius 2 is 1.80 bits per heavy atom. The summed E-state index contributed by atoms with van der Waals surface area (Å²) in [5.74, 6) is -3.10. The quantitative estimate of drug-likeness (QED) is 0.110. The number of guanidine groups is 1. The summed E-state index contributed by atoms with van der Waals surface area (Å²) in [5.41, 5.74) is 15.7. The van der Waals surface area contributed by atoms with E-state index in [4.69, 9.17) is 22.3 Å². The molecule has 12 heteroatoms. The van der Waals surface area contributed by atoms with E-state index in [-0.39, 0.29) is 12.4 Å². The molecule has 0 saturated carbocycles. The molecule has 0 aromatic heterocycles. The number of aliphatic carboxylic acids is 1. The first kappa shape index (κ1) is 22.1. The Morgan fingerprint density at radius 3 is 2.32 bits per heavy atom. The van der Waals surface area contributed by atoms with Crippen LogP contribution in [-0.2, 0) is 19.2 Å². The molecule has 0 aromatic rings. The number of likely N-dealkylation sites (N-methyl/N-ethyl adjacent to an activating group) is 1. The lowest BCUT2D eigenvalue weighted by Gasteiger charge is -2.17. The van der Waals surface area contributed by atoms with Gasteiger partial charge in [0.1, 0.15) is 6.04 Å². The van der Waals surface area contributed by atoms with Gasteiger partial charge in [0.05, 0.1) is 19.0 Å². The summed E-state index contributed by atoms with van der Waals surface area (Å²) in [6.07, 6.45) is 0.180. The van der Waals surface area contributed by atoms with Crippen molar-refractivity contribution in [1.82, 2.24) is 16.0 Å². The van der Waals surface area contributed by atoms with E-state index in [1.165, 1.54) is 7.05 Å². The highest BCUT2D eigenvalue weighted by molar-refractivity contribution is 5.91. The SMILES string of the molecule is CNC(=O)[C@H](CCCN=C(N)N)NC(=O)CNC(=O)[C@@H](N)CC(=O)O. The van der Waals surface area contributed by atoms with Gasteiger partial charge in [0, 0.05) is 13.6 Å². The number of aliphatic imine (C=N–C) groups is 1. The lowest BCUT2D eigenvalue weighted by molar-refractivity contribution is -0.139. The van der Waals surface area contributed by atoms with Crippen LogP contribution in [0.25, 0.3) is 0 Å². The van der Waals surface area contributed by atoms with Crippen LogP contribution in [0.5, 0.6) is 0 Å². The second-order valence-corrected chi connectivity index (χ2v) is 5.11. The van der Waals surface area contributed by atoms with Crippen LogP contribution in [0.15, 0.2) is 4.99 Å². The van der Waals surface area contributed by atoms with E-state index in [9.17, 15) is 19.2 Å². The van der Waals surface area contributed by atoms with Crippen molar-refractivity contribution in [3.8, 4) is 0 Å². The molecule has 0 radical (unpaired) electrons. The lowest BCUT2D eigenvalue weighted by atomic mass is 10.1. The minimum Gasteiger partial charge on any atom is -0.481 e. The van der Waals surface area contributed by atoms with Gasteiger partial charge in [0.25, 0.3) is 0 Å². The second kappa shape index (κ2) is 11.6. The van der Waals surface area contributed by atoms with Crippen LogP contribution >= 0.6 is 0 Å². The predicted molar refractivity (Wildman–Crippen MR) is 89.1 cm³/mol. The molecule has 0 aliphatic rings. The molecule has 12 nitrogen and oxygen atoms in total. The van der Waals surface area contributed by atoms with Gasteiger partial charge in [0.2, 0.25) is 17.7 Å². The molecule has 142 valence electrons. The lowest BCUT2D eigenvalue weighted by Crippen LogP contribution is -2.50. The number of hydrogen-bond donors (Lipinski definition) is 7.